The zero-order chi connectivity index (χ0) is 24.7. The molecule has 3 atom stereocenters. The molecule has 2 saturated carbocycles. The van der Waals surface area contributed by atoms with Crippen molar-refractivity contribution >= 4 is 17.4 Å². The molecule has 0 radical (unpaired) electrons. The van der Waals surface area contributed by atoms with Gasteiger partial charge in [-0.15, -0.1) is 0 Å². The van der Waals surface area contributed by atoms with E-state index in [1.165, 1.54) is 24.3 Å². The molecule has 1 amide bonds. The number of methoxy groups -OCH3 is 1. The number of Topliss-reactive ketones (excluding diaryl/α,β-unsaturated/α-hetero) is 1. The number of hydrogen-bond acceptors (Lipinski definition) is 3. The Bertz CT molecular complexity index is 1130. The molecule has 3 aliphatic rings. The van der Waals surface area contributed by atoms with Crippen LogP contribution in [0.15, 0.2) is 30.3 Å². The smallest absolute Gasteiger partial charge is 0.227 e. The second kappa shape index (κ2) is 9.75. The Labute approximate surface area is 207 Å². The molecule has 2 aromatic rings. The van der Waals surface area contributed by atoms with Crippen LogP contribution in [0.1, 0.15) is 72.5 Å². The summed E-state index contributed by atoms with van der Waals surface area (Å²) >= 11 is 0. The zero-order valence-electron chi connectivity index (χ0n) is 21.0. The van der Waals surface area contributed by atoms with Crippen molar-refractivity contribution in [2.45, 2.75) is 65.2 Å². The lowest BCUT2D eigenvalue weighted by molar-refractivity contribution is -0.121. The number of fused-ring (bicyclic) bond motifs is 2. The fourth-order valence-corrected chi connectivity index (χ4v) is 6.96. The maximum Gasteiger partial charge on any atom is 0.227 e. The van der Waals surface area contributed by atoms with Gasteiger partial charge in [0.15, 0.2) is 17.3 Å². The highest BCUT2D eigenvalue weighted by atomic mass is 19.1. The van der Waals surface area contributed by atoms with E-state index in [9.17, 15) is 14.0 Å². The third kappa shape index (κ3) is 4.50. The van der Waals surface area contributed by atoms with Crippen molar-refractivity contribution in [3.05, 3.63) is 58.4 Å². The predicted octanol–water partition coefficient (Wildman–Crippen LogP) is 6.53. The number of aryl methyl sites for hydroxylation is 2. The quantitative estimate of drug-likeness (QED) is 0.515. The van der Waals surface area contributed by atoms with Gasteiger partial charge in [-0.3, -0.25) is 9.59 Å². The first-order valence-corrected chi connectivity index (χ1v) is 13.2. The Kier molecular flexibility index (Phi) is 6.69. The van der Waals surface area contributed by atoms with Gasteiger partial charge in [0.2, 0.25) is 5.91 Å². The first-order valence-electron chi connectivity index (χ1n) is 13.2. The molecular weight excluding hydrogens is 441 g/mol. The van der Waals surface area contributed by atoms with E-state index in [0.29, 0.717) is 35.6 Å². The summed E-state index contributed by atoms with van der Waals surface area (Å²) in [6.07, 6.45) is 7.30. The van der Waals surface area contributed by atoms with E-state index in [1.54, 1.807) is 0 Å². The van der Waals surface area contributed by atoms with Crippen LogP contribution in [0, 0.1) is 42.3 Å². The van der Waals surface area contributed by atoms with Crippen LogP contribution >= 0.6 is 0 Å². The Morgan fingerprint density at radius 2 is 1.91 bits per heavy atom. The van der Waals surface area contributed by atoms with Crippen molar-refractivity contribution in [2.75, 3.05) is 12.4 Å². The van der Waals surface area contributed by atoms with Gasteiger partial charge >= 0.3 is 0 Å². The SMILES string of the molecule is CCCc1cc(NC(=O)C2CCC(C3C4CCc5c(C)cccc5C(=O)C43)CC2)cc(F)c1OC. The second-order valence-corrected chi connectivity index (χ2v) is 10.8. The normalized spacial score (nSPS) is 27.4. The summed E-state index contributed by atoms with van der Waals surface area (Å²) < 4.78 is 19.7. The van der Waals surface area contributed by atoms with Crippen molar-refractivity contribution < 1.29 is 18.7 Å². The van der Waals surface area contributed by atoms with Gasteiger partial charge in [-0.25, -0.2) is 4.39 Å². The lowest BCUT2D eigenvalue weighted by Crippen LogP contribution is -2.28. The van der Waals surface area contributed by atoms with Gasteiger partial charge in [-0.2, -0.15) is 0 Å². The highest BCUT2D eigenvalue weighted by Crippen LogP contribution is 2.59. The minimum Gasteiger partial charge on any atom is -0.493 e. The molecule has 0 bridgehead atoms. The molecule has 0 aliphatic heterocycles. The van der Waals surface area contributed by atoms with E-state index in [2.05, 4.69) is 18.3 Å². The molecule has 5 rings (SSSR count). The molecule has 3 unspecified atom stereocenters. The number of carbonyl (C=O) groups excluding carboxylic acids is 2. The maximum atomic E-state index is 14.5. The monoisotopic (exact) mass is 477 g/mol. The molecular formula is C30H36FNO3. The summed E-state index contributed by atoms with van der Waals surface area (Å²) in [5.41, 5.74) is 4.72. The standard InChI is InChI=1S/C30H36FNO3/c1-4-6-20-15-21(16-25(31)29(20)35-3)32-30(34)19-11-9-18(10-12-19)26-24-14-13-22-17(2)7-5-8-23(22)28(33)27(24)26/h5,7-8,15-16,18-19,24,26-27H,4,6,9-14H2,1-3H3,(H,32,34). The van der Waals surface area contributed by atoms with Crippen LogP contribution in [-0.2, 0) is 17.6 Å². The number of rotatable bonds is 6. The van der Waals surface area contributed by atoms with Gasteiger partial charge in [0.05, 0.1) is 7.11 Å². The molecule has 2 aromatic carbocycles. The van der Waals surface area contributed by atoms with E-state index in [0.717, 1.165) is 56.1 Å². The van der Waals surface area contributed by atoms with Gasteiger partial charge in [0, 0.05) is 29.2 Å². The average Bonchev–Trinajstić information content (AvgIpc) is 3.58. The molecule has 0 aromatic heterocycles. The van der Waals surface area contributed by atoms with E-state index < -0.39 is 5.82 Å². The van der Waals surface area contributed by atoms with Gasteiger partial charge in [-0.1, -0.05) is 31.5 Å². The number of amides is 1. The van der Waals surface area contributed by atoms with Gasteiger partial charge in [0.1, 0.15) is 0 Å². The van der Waals surface area contributed by atoms with Crippen molar-refractivity contribution in [1.29, 1.82) is 0 Å². The van der Waals surface area contributed by atoms with E-state index in [-0.39, 0.29) is 23.5 Å². The highest BCUT2D eigenvalue weighted by Gasteiger charge is 2.58. The molecule has 3 aliphatic carbocycles. The number of benzene rings is 2. The summed E-state index contributed by atoms with van der Waals surface area (Å²) in [5.74, 6) is 1.77. The molecule has 0 saturated heterocycles. The van der Waals surface area contributed by atoms with Crippen LogP contribution in [0.25, 0.3) is 0 Å². The predicted molar refractivity (Wildman–Crippen MR) is 135 cm³/mol. The fraction of sp³-hybridized carbons (Fsp3) is 0.533. The summed E-state index contributed by atoms with van der Waals surface area (Å²) in [6.45, 7) is 4.14. The van der Waals surface area contributed by atoms with Crippen LogP contribution in [0.5, 0.6) is 5.75 Å². The summed E-state index contributed by atoms with van der Waals surface area (Å²) in [7, 11) is 1.47. The van der Waals surface area contributed by atoms with Crippen LogP contribution < -0.4 is 10.1 Å². The number of carbonyl (C=O) groups is 2. The van der Waals surface area contributed by atoms with Gasteiger partial charge in [-0.05, 0) is 92.4 Å². The highest BCUT2D eigenvalue weighted by molar-refractivity contribution is 6.02. The van der Waals surface area contributed by atoms with Crippen LogP contribution in [0.3, 0.4) is 0 Å². The Morgan fingerprint density at radius 1 is 1.14 bits per heavy atom. The summed E-state index contributed by atoms with van der Waals surface area (Å²) in [5, 5.41) is 2.96. The second-order valence-electron chi connectivity index (χ2n) is 10.8. The lowest BCUT2D eigenvalue weighted by atomic mass is 9.77. The topological polar surface area (TPSA) is 55.4 Å². The number of nitrogens with one attached hydrogen (secondary N) is 1. The lowest BCUT2D eigenvalue weighted by Gasteiger charge is -2.28. The van der Waals surface area contributed by atoms with E-state index in [1.807, 2.05) is 25.1 Å². The van der Waals surface area contributed by atoms with E-state index >= 15 is 0 Å². The number of hydrogen-bond donors (Lipinski definition) is 1. The van der Waals surface area contributed by atoms with Crippen molar-refractivity contribution in [2.24, 2.45) is 29.6 Å². The average molecular weight is 478 g/mol. The fourth-order valence-electron chi connectivity index (χ4n) is 6.96. The molecule has 186 valence electrons. The van der Waals surface area contributed by atoms with Crippen molar-refractivity contribution in [3.63, 3.8) is 0 Å². The van der Waals surface area contributed by atoms with Crippen LogP contribution in [0.2, 0.25) is 0 Å². The van der Waals surface area contributed by atoms with Gasteiger partial charge < -0.3 is 10.1 Å². The first kappa shape index (κ1) is 24.0. The summed E-state index contributed by atoms with van der Waals surface area (Å²) in [6, 6.07) is 9.31. The van der Waals surface area contributed by atoms with Gasteiger partial charge in [0.25, 0.3) is 0 Å². The third-order valence-electron chi connectivity index (χ3n) is 8.73. The van der Waals surface area contributed by atoms with Crippen LogP contribution in [0.4, 0.5) is 10.1 Å². The Hall–Kier alpha value is -2.69. The molecule has 35 heavy (non-hydrogen) atoms. The van der Waals surface area contributed by atoms with Crippen molar-refractivity contribution in [1.82, 2.24) is 0 Å². The number of halogens is 1. The maximum absolute atomic E-state index is 14.5. The largest absolute Gasteiger partial charge is 0.493 e. The number of anilines is 1. The Morgan fingerprint density at radius 3 is 2.63 bits per heavy atom. The van der Waals surface area contributed by atoms with Crippen molar-refractivity contribution in [3.8, 4) is 5.75 Å². The molecule has 0 heterocycles. The number of ether oxygens (including phenoxy) is 1. The Balaban J connectivity index is 1.20. The first-order chi connectivity index (χ1) is 16.9. The molecule has 4 nitrogen and oxygen atoms in total. The zero-order valence-corrected chi connectivity index (χ0v) is 21.0. The summed E-state index contributed by atoms with van der Waals surface area (Å²) in [4.78, 5) is 26.3. The minimum absolute atomic E-state index is 0.0269. The molecule has 2 fully saturated rings. The van der Waals surface area contributed by atoms with E-state index in [4.69, 9.17) is 4.74 Å². The molecule has 5 heteroatoms. The number of ketones is 1. The molecule has 1 N–H and O–H groups in total. The molecule has 0 spiro atoms. The van der Waals surface area contributed by atoms with Crippen LogP contribution in [-0.4, -0.2) is 18.8 Å². The minimum atomic E-state index is -0.439. The third-order valence-corrected chi connectivity index (χ3v) is 8.73.